The van der Waals surface area contributed by atoms with E-state index in [1.54, 1.807) is 6.92 Å². The average Bonchev–Trinajstić information content (AvgIpc) is 2.47. The highest BCUT2D eigenvalue weighted by Crippen LogP contribution is 2.32. The molecule has 0 atom stereocenters. The summed E-state index contributed by atoms with van der Waals surface area (Å²) < 4.78 is 5.75. The van der Waals surface area contributed by atoms with E-state index in [1.165, 1.54) is 0 Å². The second-order valence-electron chi connectivity index (χ2n) is 4.95. The molecule has 3 nitrogen and oxygen atoms in total. The van der Waals surface area contributed by atoms with Crippen LogP contribution >= 0.6 is 0 Å². The number of carbonyl (C=O) groups excluding carboxylic acids is 1. The molecule has 0 amide bonds. The fourth-order valence-electron chi connectivity index (χ4n) is 2.20. The van der Waals surface area contributed by atoms with Crippen molar-refractivity contribution in [3.8, 4) is 5.75 Å². The number of rotatable bonds is 2. The van der Waals surface area contributed by atoms with E-state index < -0.39 is 0 Å². The first-order chi connectivity index (χ1) is 9.63. The van der Waals surface area contributed by atoms with Gasteiger partial charge in [-0.25, -0.2) is 4.99 Å². The Morgan fingerprint density at radius 2 is 1.90 bits per heavy atom. The van der Waals surface area contributed by atoms with Crippen LogP contribution in [0.5, 0.6) is 5.75 Å². The first-order valence-electron chi connectivity index (χ1n) is 6.56. The minimum Gasteiger partial charge on any atom is -0.485 e. The molecule has 20 heavy (non-hydrogen) atoms. The maximum Gasteiger partial charge on any atom is 0.159 e. The van der Waals surface area contributed by atoms with Crippen molar-refractivity contribution in [1.82, 2.24) is 0 Å². The lowest BCUT2D eigenvalue weighted by Gasteiger charge is -2.17. The summed E-state index contributed by atoms with van der Waals surface area (Å²) in [6, 6.07) is 13.5. The second-order valence-corrected chi connectivity index (χ2v) is 4.95. The molecule has 100 valence electrons. The highest BCUT2D eigenvalue weighted by atomic mass is 16.5. The number of ketones is 1. The molecule has 1 aliphatic rings. The van der Waals surface area contributed by atoms with Gasteiger partial charge in [-0.05, 0) is 37.1 Å². The van der Waals surface area contributed by atoms with Crippen LogP contribution < -0.4 is 4.74 Å². The standard InChI is InChI=1S/C17H15NO2/c1-11-3-8-15-17(9-11)20-10-16(18-15)14-6-4-13(5-7-14)12(2)19/h3-9H,10H2,1-2H3. The SMILES string of the molecule is CC(=O)c1ccc(C2=Nc3ccc(C)cc3OC2)cc1. The first-order valence-corrected chi connectivity index (χ1v) is 6.56. The monoisotopic (exact) mass is 265 g/mol. The van der Waals surface area contributed by atoms with Gasteiger partial charge in [0.2, 0.25) is 0 Å². The van der Waals surface area contributed by atoms with Crippen LogP contribution in [0.4, 0.5) is 5.69 Å². The van der Waals surface area contributed by atoms with Gasteiger partial charge in [0.1, 0.15) is 18.0 Å². The number of ether oxygens (including phenoxy) is 1. The zero-order valence-electron chi connectivity index (χ0n) is 11.5. The van der Waals surface area contributed by atoms with E-state index >= 15 is 0 Å². The van der Waals surface area contributed by atoms with Crippen molar-refractivity contribution in [3.63, 3.8) is 0 Å². The molecule has 1 heterocycles. The predicted molar refractivity (Wildman–Crippen MR) is 79.3 cm³/mol. The van der Waals surface area contributed by atoms with Gasteiger partial charge in [0.15, 0.2) is 5.78 Å². The summed E-state index contributed by atoms with van der Waals surface area (Å²) in [6.45, 7) is 4.05. The van der Waals surface area contributed by atoms with Crippen LogP contribution in [0.25, 0.3) is 0 Å². The number of aliphatic imine (C=N–C) groups is 1. The van der Waals surface area contributed by atoms with Crippen LogP contribution in [0, 0.1) is 6.92 Å². The molecular formula is C17H15NO2. The lowest BCUT2D eigenvalue weighted by Crippen LogP contribution is -2.16. The molecule has 0 spiro atoms. The Morgan fingerprint density at radius 1 is 1.15 bits per heavy atom. The van der Waals surface area contributed by atoms with Crippen molar-refractivity contribution in [1.29, 1.82) is 0 Å². The average molecular weight is 265 g/mol. The highest BCUT2D eigenvalue weighted by molar-refractivity contribution is 6.05. The predicted octanol–water partition coefficient (Wildman–Crippen LogP) is 3.71. The molecule has 0 saturated heterocycles. The summed E-state index contributed by atoms with van der Waals surface area (Å²) in [5.74, 6) is 0.897. The number of benzene rings is 2. The van der Waals surface area contributed by atoms with E-state index in [4.69, 9.17) is 4.74 Å². The number of aryl methyl sites for hydroxylation is 1. The number of hydrogen-bond donors (Lipinski definition) is 0. The second kappa shape index (κ2) is 4.93. The minimum absolute atomic E-state index is 0.0687. The van der Waals surface area contributed by atoms with Gasteiger partial charge in [0, 0.05) is 5.56 Å². The number of fused-ring (bicyclic) bond motifs is 1. The largest absolute Gasteiger partial charge is 0.485 e. The molecule has 0 fully saturated rings. The number of nitrogens with zero attached hydrogens (tertiary/aromatic N) is 1. The Labute approximate surface area is 117 Å². The fraction of sp³-hybridized carbons (Fsp3) is 0.176. The normalized spacial score (nSPS) is 13.2. The van der Waals surface area contributed by atoms with Crippen molar-refractivity contribution in [2.75, 3.05) is 6.61 Å². The van der Waals surface area contributed by atoms with E-state index in [9.17, 15) is 4.79 Å². The van der Waals surface area contributed by atoms with Gasteiger partial charge < -0.3 is 4.74 Å². The Bertz CT molecular complexity index is 699. The molecule has 0 N–H and O–H groups in total. The Hall–Kier alpha value is -2.42. The Kier molecular flexibility index (Phi) is 3.11. The summed E-state index contributed by atoms with van der Waals surface area (Å²) in [4.78, 5) is 15.9. The van der Waals surface area contributed by atoms with Crippen LogP contribution in [0.2, 0.25) is 0 Å². The van der Waals surface area contributed by atoms with Crippen molar-refractivity contribution in [2.24, 2.45) is 4.99 Å². The third-order valence-electron chi connectivity index (χ3n) is 3.36. The maximum atomic E-state index is 11.3. The number of carbonyl (C=O) groups is 1. The van der Waals surface area contributed by atoms with Gasteiger partial charge in [0.25, 0.3) is 0 Å². The fourth-order valence-corrected chi connectivity index (χ4v) is 2.20. The summed E-state index contributed by atoms with van der Waals surface area (Å²) in [6.07, 6.45) is 0. The smallest absolute Gasteiger partial charge is 0.159 e. The molecule has 2 aromatic rings. The third kappa shape index (κ3) is 2.35. The van der Waals surface area contributed by atoms with E-state index in [2.05, 4.69) is 4.99 Å². The van der Waals surface area contributed by atoms with Crippen LogP contribution in [0.15, 0.2) is 47.5 Å². The first kappa shape index (κ1) is 12.6. The zero-order valence-corrected chi connectivity index (χ0v) is 11.5. The molecular weight excluding hydrogens is 250 g/mol. The highest BCUT2D eigenvalue weighted by Gasteiger charge is 2.14. The quantitative estimate of drug-likeness (QED) is 0.776. The van der Waals surface area contributed by atoms with E-state index in [0.29, 0.717) is 12.2 Å². The Morgan fingerprint density at radius 3 is 2.60 bits per heavy atom. The summed E-state index contributed by atoms with van der Waals surface area (Å²) in [7, 11) is 0. The van der Waals surface area contributed by atoms with E-state index in [0.717, 1.165) is 28.3 Å². The van der Waals surface area contributed by atoms with Crippen molar-refractivity contribution in [3.05, 3.63) is 59.2 Å². The van der Waals surface area contributed by atoms with Gasteiger partial charge in [0.05, 0.1) is 5.71 Å². The van der Waals surface area contributed by atoms with Crippen LogP contribution in [-0.2, 0) is 0 Å². The molecule has 0 aliphatic carbocycles. The van der Waals surface area contributed by atoms with Gasteiger partial charge in [-0.3, -0.25) is 4.79 Å². The molecule has 0 bridgehead atoms. The molecule has 1 aliphatic heterocycles. The molecule has 0 radical (unpaired) electrons. The van der Waals surface area contributed by atoms with Crippen molar-refractivity contribution < 1.29 is 9.53 Å². The van der Waals surface area contributed by atoms with Crippen molar-refractivity contribution >= 4 is 17.2 Å². The molecule has 3 heteroatoms. The van der Waals surface area contributed by atoms with Gasteiger partial charge in [-0.15, -0.1) is 0 Å². The van der Waals surface area contributed by atoms with Crippen LogP contribution in [-0.4, -0.2) is 18.1 Å². The topological polar surface area (TPSA) is 38.7 Å². The van der Waals surface area contributed by atoms with Gasteiger partial charge >= 0.3 is 0 Å². The summed E-state index contributed by atoms with van der Waals surface area (Å²) in [5, 5.41) is 0. The molecule has 0 saturated carbocycles. The lowest BCUT2D eigenvalue weighted by atomic mass is 10.1. The van der Waals surface area contributed by atoms with Gasteiger partial charge in [-0.2, -0.15) is 0 Å². The molecule has 0 unspecified atom stereocenters. The van der Waals surface area contributed by atoms with E-state index in [-0.39, 0.29) is 5.78 Å². The van der Waals surface area contributed by atoms with Gasteiger partial charge in [-0.1, -0.05) is 30.3 Å². The molecule has 0 aromatic heterocycles. The molecule has 2 aromatic carbocycles. The number of Topliss-reactive ketones (excluding diaryl/α,β-unsaturated/α-hetero) is 1. The number of hydrogen-bond acceptors (Lipinski definition) is 3. The lowest BCUT2D eigenvalue weighted by molar-refractivity contribution is 0.101. The van der Waals surface area contributed by atoms with Crippen molar-refractivity contribution in [2.45, 2.75) is 13.8 Å². The van der Waals surface area contributed by atoms with Crippen LogP contribution in [0.1, 0.15) is 28.4 Å². The minimum atomic E-state index is 0.0687. The molecule has 3 rings (SSSR count). The van der Waals surface area contributed by atoms with Crippen LogP contribution in [0.3, 0.4) is 0 Å². The maximum absolute atomic E-state index is 11.3. The zero-order chi connectivity index (χ0) is 14.1. The Balaban J connectivity index is 1.95. The summed E-state index contributed by atoms with van der Waals surface area (Å²) in [5.41, 5.74) is 4.60. The summed E-state index contributed by atoms with van der Waals surface area (Å²) >= 11 is 0. The third-order valence-corrected chi connectivity index (χ3v) is 3.36. The van der Waals surface area contributed by atoms with E-state index in [1.807, 2.05) is 49.4 Å².